The molecule has 0 saturated carbocycles. The maximum atomic E-state index is 12.7. The molecule has 0 unspecified atom stereocenters. The molecule has 0 spiro atoms. The quantitative estimate of drug-likeness (QED) is 0.536. The average molecular weight is 389 g/mol. The number of furan rings is 1. The van der Waals surface area contributed by atoms with Crippen LogP contribution in [0.3, 0.4) is 0 Å². The van der Waals surface area contributed by atoms with E-state index in [1.165, 1.54) is 12.3 Å². The zero-order valence-electron chi connectivity index (χ0n) is 15.5. The summed E-state index contributed by atoms with van der Waals surface area (Å²) in [5.41, 5.74) is 1.48. The van der Waals surface area contributed by atoms with Gasteiger partial charge in [0.2, 0.25) is 0 Å². The molecule has 0 radical (unpaired) electrons. The topological polar surface area (TPSA) is 100 Å². The molecule has 3 amide bonds. The summed E-state index contributed by atoms with van der Waals surface area (Å²) in [6.45, 7) is 3.88. The number of benzene rings is 2. The molecule has 3 rings (SSSR count). The van der Waals surface area contributed by atoms with Gasteiger partial charge in [-0.2, -0.15) is 0 Å². The zero-order chi connectivity index (χ0) is 20.6. The van der Waals surface area contributed by atoms with Crippen LogP contribution in [-0.4, -0.2) is 24.3 Å². The van der Waals surface area contributed by atoms with Gasteiger partial charge in [0.25, 0.3) is 17.7 Å². The number of carbonyl (C=O) groups is 3. The van der Waals surface area contributed by atoms with Gasteiger partial charge in [-0.15, -0.1) is 6.58 Å². The zero-order valence-corrected chi connectivity index (χ0v) is 15.5. The first-order chi connectivity index (χ1) is 14.1. The molecule has 29 heavy (non-hydrogen) atoms. The highest BCUT2D eigenvalue weighted by molar-refractivity contribution is 6.10. The first-order valence-electron chi connectivity index (χ1n) is 8.83. The number of hydrogen-bond acceptors (Lipinski definition) is 4. The Labute approximate surface area is 167 Å². The van der Waals surface area contributed by atoms with E-state index in [1.807, 2.05) is 0 Å². The second kappa shape index (κ2) is 9.18. The Kier molecular flexibility index (Phi) is 6.22. The van der Waals surface area contributed by atoms with Crippen molar-refractivity contribution in [2.45, 2.75) is 0 Å². The van der Waals surface area contributed by atoms with Crippen molar-refractivity contribution in [2.75, 3.05) is 17.2 Å². The summed E-state index contributed by atoms with van der Waals surface area (Å²) < 4.78 is 5.05. The van der Waals surface area contributed by atoms with Gasteiger partial charge in [-0.1, -0.05) is 24.3 Å². The molecule has 0 aliphatic heterocycles. The van der Waals surface area contributed by atoms with E-state index in [-0.39, 0.29) is 11.7 Å². The van der Waals surface area contributed by atoms with E-state index in [2.05, 4.69) is 22.5 Å². The second-order valence-electron chi connectivity index (χ2n) is 6.01. The highest BCUT2D eigenvalue weighted by Crippen LogP contribution is 2.18. The largest absolute Gasteiger partial charge is 0.459 e. The van der Waals surface area contributed by atoms with E-state index in [9.17, 15) is 14.4 Å². The van der Waals surface area contributed by atoms with Crippen molar-refractivity contribution in [3.8, 4) is 0 Å². The average Bonchev–Trinajstić information content (AvgIpc) is 3.28. The molecule has 0 fully saturated rings. The minimum atomic E-state index is -0.420. The number of rotatable bonds is 7. The molecule has 0 saturated heterocycles. The number of para-hydroxylation sites is 1. The Morgan fingerprint density at radius 1 is 0.897 bits per heavy atom. The number of anilines is 2. The first kappa shape index (κ1) is 19.6. The lowest BCUT2D eigenvalue weighted by molar-refractivity contribution is 0.0957. The van der Waals surface area contributed by atoms with Crippen LogP contribution in [0.4, 0.5) is 11.4 Å². The Balaban J connectivity index is 1.74. The third-order valence-corrected chi connectivity index (χ3v) is 3.95. The summed E-state index contributed by atoms with van der Waals surface area (Å²) in [6, 6.07) is 16.3. The van der Waals surface area contributed by atoms with Gasteiger partial charge in [0.1, 0.15) is 0 Å². The molecule has 3 aromatic rings. The summed E-state index contributed by atoms with van der Waals surface area (Å²) in [6.07, 6.45) is 2.98. The molecule has 2 aromatic carbocycles. The Bertz CT molecular complexity index is 1040. The van der Waals surface area contributed by atoms with Crippen molar-refractivity contribution in [1.29, 1.82) is 0 Å². The lowest BCUT2D eigenvalue weighted by Crippen LogP contribution is -2.25. The van der Waals surface area contributed by atoms with Gasteiger partial charge in [-0.25, -0.2) is 0 Å². The van der Waals surface area contributed by atoms with Gasteiger partial charge in [0.15, 0.2) is 5.76 Å². The first-order valence-corrected chi connectivity index (χ1v) is 8.83. The van der Waals surface area contributed by atoms with E-state index in [0.29, 0.717) is 29.0 Å². The molecular formula is C22H19N3O4. The molecule has 0 aliphatic carbocycles. The maximum absolute atomic E-state index is 12.7. The van der Waals surface area contributed by atoms with Crippen LogP contribution in [0.15, 0.2) is 84.0 Å². The number of nitrogens with one attached hydrogen (secondary N) is 3. The fourth-order valence-electron chi connectivity index (χ4n) is 2.58. The van der Waals surface area contributed by atoms with Gasteiger partial charge >= 0.3 is 0 Å². The molecule has 3 N–H and O–H groups in total. The third kappa shape index (κ3) is 4.98. The molecule has 146 valence electrons. The molecular weight excluding hydrogens is 370 g/mol. The minimum Gasteiger partial charge on any atom is -0.459 e. The van der Waals surface area contributed by atoms with E-state index >= 15 is 0 Å². The van der Waals surface area contributed by atoms with Crippen LogP contribution < -0.4 is 16.0 Å². The van der Waals surface area contributed by atoms with Crippen LogP contribution in [0.2, 0.25) is 0 Å². The monoisotopic (exact) mass is 389 g/mol. The highest BCUT2D eigenvalue weighted by Gasteiger charge is 2.15. The van der Waals surface area contributed by atoms with Gasteiger partial charge < -0.3 is 20.4 Å². The predicted octanol–water partition coefficient (Wildman–Crippen LogP) is 3.70. The summed E-state index contributed by atoms with van der Waals surface area (Å²) in [4.78, 5) is 37.0. The van der Waals surface area contributed by atoms with E-state index in [1.54, 1.807) is 60.7 Å². The van der Waals surface area contributed by atoms with Gasteiger partial charge in [-0.3, -0.25) is 14.4 Å². The van der Waals surface area contributed by atoms with Crippen molar-refractivity contribution in [3.05, 3.63) is 96.5 Å². The minimum absolute atomic E-state index is 0.166. The highest BCUT2D eigenvalue weighted by atomic mass is 16.3. The van der Waals surface area contributed by atoms with Crippen molar-refractivity contribution < 1.29 is 18.8 Å². The van der Waals surface area contributed by atoms with E-state index < -0.39 is 11.8 Å². The van der Waals surface area contributed by atoms with E-state index in [4.69, 9.17) is 4.42 Å². The van der Waals surface area contributed by atoms with Crippen LogP contribution in [0, 0.1) is 0 Å². The van der Waals surface area contributed by atoms with Gasteiger partial charge in [0.05, 0.1) is 17.5 Å². The number of hydrogen-bond donors (Lipinski definition) is 3. The second-order valence-corrected chi connectivity index (χ2v) is 6.01. The Morgan fingerprint density at radius 3 is 2.48 bits per heavy atom. The lowest BCUT2D eigenvalue weighted by atomic mass is 10.1. The van der Waals surface area contributed by atoms with Crippen molar-refractivity contribution >= 4 is 29.1 Å². The van der Waals surface area contributed by atoms with Gasteiger partial charge in [0, 0.05) is 17.8 Å². The van der Waals surface area contributed by atoms with Crippen LogP contribution in [-0.2, 0) is 0 Å². The molecule has 7 heteroatoms. The van der Waals surface area contributed by atoms with Crippen molar-refractivity contribution in [1.82, 2.24) is 5.32 Å². The predicted molar refractivity (Wildman–Crippen MR) is 110 cm³/mol. The molecule has 1 heterocycles. The van der Waals surface area contributed by atoms with Crippen molar-refractivity contribution in [3.63, 3.8) is 0 Å². The smallest absolute Gasteiger partial charge is 0.291 e. The molecule has 1 aromatic heterocycles. The lowest BCUT2D eigenvalue weighted by Gasteiger charge is -2.11. The Hall–Kier alpha value is -4.13. The molecule has 7 nitrogen and oxygen atoms in total. The molecule has 0 atom stereocenters. The summed E-state index contributed by atoms with van der Waals surface area (Å²) >= 11 is 0. The fraction of sp³-hybridized carbons (Fsp3) is 0.0455. The Morgan fingerprint density at radius 2 is 1.72 bits per heavy atom. The van der Waals surface area contributed by atoms with E-state index in [0.717, 1.165) is 0 Å². The van der Waals surface area contributed by atoms with Crippen LogP contribution in [0.25, 0.3) is 0 Å². The fourth-order valence-corrected chi connectivity index (χ4v) is 2.58. The molecule has 0 bridgehead atoms. The maximum Gasteiger partial charge on any atom is 0.291 e. The summed E-state index contributed by atoms with van der Waals surface area (Å²) in [5, 5.41) is 8.09. The number of carbonyl (C=O) groups excluding carboxylic acids is 3. The summed E-state index contributed by atoms with van der Waals surface area (Å²) in [7, 11) is 0. The molecule has 0 aliphatic rings. The number of amides is 3. The van der Waals surface area contributed by atoms with Crippen LogP contribution in [0.1, 0.15) is 31.3 Å². The summed E-state index contributed by atoms with van der Waals surface area (Å²) in [5.74, 6) is -0.987. The van der Waals surface area contributed by atoms with Crippen LogP contribution in [0.5, 0.6) is 0 Å². The normalized spacial score (nSPS) is 10.1. The standard InChI is InChI=1S/C22H19N3O4/c1-2-12-23-21(27)17-9-3-4-10-18(17)25-20(26)15-7-5-8-16(14-15)24-22(28)19-11-6-13-29-19/h2-11,13-14H,1,12H2,(H,23,27)(H,24,28)(H,25,26). The van der Waals surface area contributed by atoms with Crippen LogP contribution >= 0.6 is 0 Å². The SMILES string of the molecule is C=CCNC(=O)c1ccccc1NC(=O)c1cccc(NC(=O)c2ccco2)c1. The van der Waals surface area contributed by atoms with Crippen molar-refractivity contribution in [2.24, 2.45) is 0 Å². The third-order valence-electron chi connectivity index (χ3n) is 3.95. The van der Waals surface area contributed by atoms with Gasteiger partial charge in [-0.05, 0) is 42.5 Å².